The van der Waals surface area contributed by atoms with Gasteiger partial charge in [0, 0.05) is 13.2 Å². The summed E-state index contributed by atoms with van der Waals surface area (Å²) in [4.78, 5) is 25.5. The number of aryl methyl sites for hydroxylation is 1. The van der Waals surface area contributed by atoms with E-state index in [0.29, 0.717) is 16.9 Å². The van der Waals surface area contributed by atoms with Gasteiger partial charge in [-0.3, -0.25) is 9.36 Å². The van der Waals surface area contributed by atoms with Crippen molar-refractivity contribution in [2.75, 3.05) is 0 Å². The zero-order valence-electron chi connectivity index (χ0n) is 12.3. The lowest BCUT2D eigenvalue weighted by atomic mass is 10.2. The van der Waals surface area contributed by atoms with Crippen LogP contribution in [0.3, 0.4) is 0 Å². The maximum atomic E-state index is 12.8. The zero-order valence-corrected chi connectivity index (χ0v) is 12.3. The highest BCUT2D eigenvalue weighted by molar-refractivity contribution is 5.78. The molecule has 2 aromatic carbocycles. The third-order valence-corrected chi connectivity index (χ3v) is 3.97. The van der Waals surface area contributed by atoms with Gasteiger partial charge in [-0.2, -0.15) is 0 Å². The lowest BCUT2D eigenvalue weighted by Crippen LogP contribution is -2.25. The van der Waals surface area contributed by atoms with Crippen LogP contribution in [-0.4, -0.2) is 18.8 Å². The summed E-state index contributed by atoms with van der Waals surface area (Å²) >= 11 is 0. The third-order valence-electron chi connectivity index (χ3n) is 3.97. The molecule has 2 aliphatic heterocycles. The molecule has 0 radical (unpaired) electrons. The number of nitrogens with zero attached hydrogens (tertiary/aromatic N) is 3. The minimum absolute atomic E-state index is 0.0786. The van der Waals surface area contributed by atoms with Gasteiger partial charge in [0.1, 0.15) is 11.4 Å². The normalized spacial score (nSPS) is 11.3. The van der Waals surface area contributed by atoms with Crippen LogP contribution in [0.1, 0.15) is 0 Å². The first kappa shape index (κ1) is 13.4. The van der Waals surface area contributed by atoms with Crippen LogP contribution >= 0.6 is 0 Å². The van der Waals surface area contributed by atoms with Crippen molar-refractivity contribution in [3.05, 3.63) is 75.6 Å². The number of imidazole rings is 1. The predicted molar refractivity (Wildman–Crippen MR) is 87.0 cm³/mol. The second-order valence-corrected chi connectivity index (χ2v) is 5.39. The Balaban J connectivity index is 2.18. The number of phenolic OH excluding ortho intramolecular Hbond substituents is 1. The van der Waals surface area contributed by atoms with Crippen molar-refractivity contribution in [3.63, 3.8) is 0 Å². The predicted octanol–water partition coefficient (Wildman–Crippen LogP) is 1.62. The minimum atomic E-state index is -0.424. The van der Waals surface area contributed by atoms with Crippen LogP contribution in [0.25, 0.3) is 22.4 Å². The summed E-state index contributed by atoms with van der Waals surface area (Å²) in [5.74, 6) is 0.0786. The number of rotatable bonds is 1. The fraction of sp³-hybridized carbons (Fsp3) is 0.0588. The monoisotopic (exact) mass is 307 g/mol. The molecule has 0 bridgehead atoms. The zero-order chi connectivity index (χ0) is 16.1. The van der Waals surface area contributed by atoms with E-state index in [1.165, 1.54) is 16.7 Å². The van der Waals surface area contributed by atoms with Gasteiger partial charge in [-0.15, -0.1) is 0 Å². The molecule has 23 heavy (non-hydrogen) atoms. The van der Waals surface area contributed by atoms with E-state index in [9.17, 15) is 14.7 Å². The average molecular weight is 307 g/mol. The smallest absolute Gasteiger partial charge is 0.341 e. The summed E-state index contributed by atoms with van der Waals surface area (Å²) in [5, 5.41) is 9.39. The van der Waals surface area contributed by atoms with Crippen molar-refractivity contribution in [2.45, 2.75) is 0 Å². The molecular formula is C17H13N3O3. The molecular weight excluding hydrogens is 294 g/mol. The van der Waals surface area contributed by atoms with E-state index in [0.717, 1.165) is 10.1 Å². The highest BCUT2D eigenvalue weighted by Crippen LogP contribution is 2.18. The number of aromatic nitrogens is 3. The molecule has 6 heteroatoms. The number of hydrogen-bond acceptors (Lipinski definition) is 3. The summed E-state index contributed by atoms with van der Waals surface area (Å²) in [6.45, 7) is 0. The van der Waals surface area contributed by atoms with Crippen molar-refractivity contribution >= 4 is 11.0 Å². The fourth-order valence-corrected chi connectivity index (χ4v) is 2.88. The van der Waals surface area contributed by atoms with Crippen molar-refractivity contribution in [3.8, 4) is 17.1 Å². The van der Waals surface area contributed by atoms with E-state index >= 15 is 0 Å². The Bertz CT molecular complexity index is 1120. The number of phenols is 1. The van der Waals surface area contributed by atoms with Crippen LogP contribution < -0.4 is 11.2 Å². The van der Waals surface area contributed by atoms with Gasteiger partial charge in [0.15, 0.2) is 0 Å². The second kappa shape index (κ2) is 4.61. The van der Waals surface area contributed by atoms with Crippen molar-refractivity contribution in [2.24, 2.45) is 7.05 Å². The summed E-state index contributed by atoms with van der Waals surface area (Å²) in [5.41, 5.74) is 1.45. The number of hydrogen-bond donors (Lipinski definition) is 1. The van der Waals surface area contributed by atoms with Gasteiger partial charge in [-0.25, -0.2) is 9.36 Å². The summed E-state index contributed by atoms with van der Waals surface area (Å²) in [6.07, 6.45) is 1.66. The van der Waals surface area contributed by atoms with Gasteiger partial charge in [0.25, 0.3) is 5.56 Å². The highest BCUT2D eigenvalue weighted by atomic mass is 16.3. The molecule has 0 aliphatic carbocycles. The lowest BCUT2D eigenvalue weighted by Gasteiger charge is -2.10. The Morgan fingerprint density at radius 2 is 1.52 bits per heavy atom. The first-order valence-corrected chi connectivity index (χ1v) is 7.09. The van der Waals surface area contributed by atoms with Gasteiger partial charge in [0.2, 0.25) is 0 Å². The van der Waals surface area contributed by atoms with Crippen molar-refractivity contribution in [1.29, 1.82) is 0 Å². The summed E-state index contributed by atoms with van der Waals surface area (Å²) in [7, 11) is 1.84. The molecule has 4 rings (SSSR count). The van der Waals surface area contributed by atoms with Crippen LogP contribution in [0.4, 0.5) is 0 Å². The Kier molecular flexibility index (Phi) is 2.68. The molecule has 0 spiro atoms. The van der Waals surface area contributed by atoms with Crippen LogP contribution in [0, 0.1) is 0 Å². The summed E-state index contributed by atoms with van der Waals surface area (Å²) < 4.78 is 4.36. The number of fused-ring (bicyclic) bond motifs is 3. The third kappa shape index (κ3) is 1.81. The molecule has 1 N–H and O–H groups in total. The van der Waals surface area contributed by atoms with E-state index in [1.54, 1.807) is 18.3 Å². The first-order chi connectivity index (χ1) is 11.1. The van der Waals surface area contributed by atoms with Crippen molar-refractivity contribution in [1.82, 2.24) is 13.7 Å². The topological polar surface area (TPSA) is 69.2 Å². The number of para-hydroxylation sites is 2. The van der Waals surface area contributed by atoms with Gasteiger partial charge >= 0.3 is 5.69 Å². The van der Waals surface area contributed by atoms with Gasteiger partial charge < -0.3 is 9.67 Å². The molecule has 2 heterocycles. The van der Waals surface area contributed by atoms with Gasteiger partial charge in [0.05, 0.1) is 16.7 Å². The lowest BCUT2D eigenvalue weighted by molar-refractivity contribution is 0.475. The molecule has 0 saturated carbocycles. The molecule has 0 saturated heterocycles. The standard InChI is InChI=1S/C17H13N3O3/c1-18-10-15-16(22)19(11-6-8-12(21)9-7-11)17(23)20(15)14-5-3-2-4-13(14)18/h2-10,21H,1H3. The van der Waals surface area contributed by atoms with E-state index in [1.807, 2.05) is 35.9 Å². The van der Waals surface area contributed by atoms with Crippen LogP contribution in [0.15, 0.2) is 64.3 Å². The van der Waals surface area contributed by atoms with Crippen LogP contribution in [-0.2, 0) is 7.05 Å². The molecule has 2 aromatic rings. The molecule has 0 atom stereocenters. The van der Waals surface area contributed by atoms with Gasteiger partial charge in [-0.1, -0.05) is 12.1 Å². The molecule has 114 valence electrons. The molecule has 2 aliphatic rings. The van der Waals surface area contributed by atoms with Crippen LogP contribution in [0.5, 0.6) is 5.75 Å². The van der Waals surface area contributed by atoms with Crippen molar-refractivity contribution < 1.29 is 5.11 Å². The molecule has 0 unspecified atom stereocenters. The van der Waals surface area contributed by atoms with Crippen LogP contribution in [0.2, 0.25) is 0 Å². The number of aromatic hydroxyl groups is 1. The average Bonchev–Trinajstić information content (AvgIpc) is 2.80. The highest BCUT2D eigenvalue weighted by Gasteiger charge is 2.21. The quantitative estimate of drug-likeness (QED) is 0.581. The van der Waals surface area contributed by atoms with E-state index in [4.69, 9.17) is 0 Å². The molecule has 0 fully saturated rings. The maximum Gasteiger partial charge on any atom is 0.341 e. The Hall–Kier alpha value is -3.28. The SMILES string of the molecule is Cn1cc2c(=O)n(-c3ccc(O)cc3)c(=O)n-2c2ccccc21. The number of benzene rings is 2. The fourth-order valence-electron chi connectivity index (χ4n) is 2.88. The second-order valence-electron chi connectivity index (χ2n) is 5.39. The van der Waals surface area contributed by atoms with E-state index < -0.39 is 5.69 Å². The largest absolute Gasteiger partial charge is 0.508 e. The summed E-state index contributed by atoms with van der Waals surface area (Å²) in [6, 6.07) is 13.4. The molecule has 6 nitrogen and oxygen atoms in total. The van der Waals surface area contributed by atoms with E-state index in [2.05, 4.69) is 0 Å². The minimum Gasteiger partial charge on any atom is -0.508 e. The Morgan fingerprint density at radius 3 is 2.22 bits per heavy atom. The maximum absolute atomic E-state index is 12.8. The first-order valence-electron chi connectivity index (χ1n) is 7.09. The van der Waals surface area contributed by atoms with E-state index in [-0.39, 0.29) is 11.3 Å². The molecule has 0 amide bonds. The van der Waals surface area contributed by atoms with Gasteiger partial charge in [-0.05, 0) is 36.4 Å². The Labute approximate surface area is 130 Å². The Morgan fingerprint density at radius 1 is 0.870 bits per heavy atom. The molecule has 0 aromatic heterocycles.